The van der Waals surface area contributed by atoms with Gasteiger partial charge in [0.05, 0.1) is 6.04 Å². The fraction of sp³-hybridized carbons (Fsp3) is 0.522. The van der Waals surface area contributed by atoms with Gasteiger partial charge in [-0.05, 0) is 49.5 Å². The van der Waals surface area contributed by atoms with Crippen LogP contribution in [-0.2, 0) is 0 Å². The second-order valence-corrected chi connectivity index (χ2v) is 8.80. The monoisotopic (exact) mass is 540 g/mol. The van der Waals surface area contributed by atoms with Crippen LogP contribution in [0.3, 0.4) is 0 Å². The molecule has 0 amide bonds. The first-order valence-corrected chi connectivity index (χ1v) is 11.7. The highest BCUT2D eigenvalue weighted by atomic mass is 127. The van der Waals surface area contributed by atoms with Crippen LogP contribution in [-0.4, -0.2) is 61.6 Å². The number of ether oxygens (including phenoxy) is 1. The van der Waals surface area contributed by atoms with E-state index in [0.717, 1.165) is 44.2 Å². The molecule has 0 bridgehead atoms. The number of benzene rings is 1. The van der Waals surface area contributed by atoms with Crippen LogP contribution < -0.4 is 10.1 Å². The van der Waals surface area contributed by atoms with Crippen molar-refractivity contribution in [2.75, 3.05) is 39.8 Å². The summed E-state index contributed by atoms with van der Waals surface area (Å²) in [6, 6.07) is 15.0. The molecule has 1 N–H and O–H groups in total. The van der Waals surface area contributed by atoms with Crippen LogP contribution in [0, 0.1) is 0 Å². The van der Waals surface area contributed by atoms with Crippen molar-refractivity contribution >= 4 is 41.3 Å². The summed E-state index contributed by atoms with van der Waals surface area (Å²) in [7, 11) is 1.89. The Balaban J connectivity index is 0.00000256. The number of guanidine groups is 1. The molecule has 0 saturated carbocycles. The smallest absolute Gasteiger partial charge is 0.193 e. The molecule has 5 nitrogen and oxygen atoms in total. The van der Waals surface area contributed by atoms with Crippen molar-refractivity contribution in [1.82, 2.24) is 15.1 Å². The summed E-state index contributed by atoms with van der Waals surface area (Å²) in [4.78, 5) is 11.0. The molecule has 2 fully saturated rings. The van der Waals surface area contributed by atoms with E-state index >= 15 is 0 Å². The maximum absolute atomic E-state index is 6.14. The Labute approximate surface area is 201 Å². The zero-order valence-electron chi connectivity index (χ0n) is 17.7. The molecule has 2 aromatic rings. The predicted octanol–water partition coefficient (Wildman–Crippen LogP) is 4.62. The van der Waals surface area contributed by atoms with Gasteiger partial charge in [-0.25, -0.2) is 0 Å². The van der Waals surface area contributed by atoms with Gasteiger partial charge in [0.15, 0.2) is 5.96 Å². The van der Waals surface area contributed by atoms with Crippen molar-refractivity contribution in [3.63, 3.8) is 0 Å². The molecular formula is C23H33IN4OS. The summed E-state index contributed by atoms with van der Waals surface area (Å²) >= 11 is 1.86. The van der Waals surface area contributed by atoms with Gasteiger partial charge in [-0.1, -0.05) is 24.3 Å². The van der Waals surface area contributed by atoms with Crippen molar-refractivity contribution in [2.24, 2.45) is 4.99 Å². The van der Waals surface area contributed by atoms with Gasteiger partial charge >= 0.3 is 0 Å². The molecule has 0 spiro atoms. The molecule has 2 aliphatic rings. The van der Waals surface area contributed by atoms with Gasteiger partial charge in [-0.3, -0.25) is 9.89 Å². The lowest BCUT2D eigenvalue weighted by atomic mass is 10.1. The van der Waals surface area contributed by atoms with E-state index in [9.17, 15) is 0 Å². The Hall–Kier alpha value is -1.32. The van der Waals surface area contributed by atoms with Crippen molar-refractivity contribution < 1.29 is 4.74 Å². The standard InChI is InChI=1S/C23H32N4OS.HI/c1-24-23(25-18-21(22-10-7-17-29-22)26-13-5-6-14-26)27-15-11-20(12-16-27)28-19-8-3-2-4-9-19;/h2-4,7-10,17,20-21H,5-6,11-16,18H2,1H3,(H,24,25);1H. The van der Waals surface area contributed by atoms with Crippen LogP contribution in [0.15, 0.2) is 52.8 Å². The van der Waals surface area contributed by atoms with Gasteiger partial charge in [0.25, 0.3) is 0 Å². The molecule has 0 radical (unpaired) electrons. The molecule has 0 aliphatic carbocycles. The van der Waals surface area contributed by atoms with Crippen molar-refractivity contribution in [2.45, 2.75) is 37.8 Å². The molecule has 1 unspecified atom stereocenters. The van der Waals surface area contributed by atoms with E-state index in [-0.39, 0.29) is 30.1 Å². The molecule has 164 valence electrons. The van der Waals surface area contributed by atoms with Gasteiger partial charge in [-0.15, -0.1) is 35.3 Å². The minimum Gasteiger partial charge on any atom is -0.490 e. The lowest BCUT2D eigenvalue weighted by Crippen LogP contribution is -2.49. The highest BCUT2D eigenvalue weighted by Gasteiger charge is 2.26. The third kappa shape index (κ3) is 6.11. The molecular weight excluding hydrogens is 507 g/mol. The third-order valence-electron chi connectivity index (χ3n) is 5.91. The van der Waals surface area contributed by atoms with Gasteiger partial charge in [-0.2, -0.15) is 0 Å². The highest BCUT2D eigenvalue weighted by Crippen LogP contribution is 2.28. The van der Waals surface area contributed by atoms with E-state index < -0.39 is 0 Å². The molecule has 1 atom stereocenters. The van der Waals surface area contributed by atoms with Crippen molar-refractivity contribution in [3.8, 4) is 5.75 Å². The van der Waals surface area contributed by atoms with Crippen LogP contribution in [0.1, 0.15) is 36.6 Å². The van der Waals surface area contributed by atoms with Gasteiger partial charge in [0.1, 0.15) is 11.9 Å². The predicted molar refractivity (Wildman–Crippen MR) is 136 cm³/mol. The number of halogens is 1. The van der Waals surface area contributed by atoms with Gasteiger partial charge in [0, 0.05) is 44.4 Å². The second-order valence-electron chi connectivity index (χ2n) is 7.82. The summed E-state index contributed by atoms with van der Waals surface area (Å²) in [6.45, 7) is 5.26. The number of nitrogens with one attached hydrogen (secondary N) is 1. The molecule has 3 heterocycles. The summed E-state index contributed by atoms with van der Waals surface area (Å²) in [5, 5.41) is 5.85. The van der Waals surface area contributed by atoms with Crippen LogP contribution in [0.25, 0.3) is 0 Å². The lowest BCUT2D eigenvalue weighted by Gasteiger charge is -2.35. The average molecular weight is 541 g/mol. The van der Waals surface area contributed by atoms with Crippen LogP contribution in [0.4, 0.5) is 0 Å². The molecule has 1 aromatic heterocycles. The minimum atomic E-state index is 0. The van der Waals surface area contributed by atoms with Gasteiger partial charge in [0.2, 0.25) is 0 Å². The number of rotatable bonds is 6. The van der Waals surface area contributed by atoms with Crippen LogP contribution in [0.5, 0.6) is 5.75 Å². The molecule has 2 aliphatic heterocycles. The first kappa shape index (κ1) is 23.3. The number of likely N-dealkylation sites (tertiary alicyclic amines) is 2. The molecule has 1 aromatic carbocycles. The zero-order chi connectivity index (χ0) is 19.9. The van der Waals surface area contributed by atoms with E-state index in [0.29, 0.717) is 6.04 Å². The molecule has 30 heavy (non-hydrogen) atoms. The number of hydrogen-bond donors (Lipinski definition) is 1. The normalized spacial score (nSPS) is 19.4. The Morgan fingerprint density at radius 2 is 1.83 bits per heavy atom. The Morgan fingerprint density at radius 1 is 1.10 bits per heavy atom. The van der Waals surface area contributed by atoms with Gasteiger partial charge < -0.3 is 15.0 Å². The van der Waals surface area contributed by atoms with Crippen molar-refractivity contribution in [3.05, 3.63) is 52.7 Å². The van der Waals surface area contributed by atoms with E-state index in [1.807, 2.05) is 48.7 Å². The first-order valence-electron chi connectivity index (χ1n) is 10.8. The molecule has 4 rings (SSSR count). The molecule has 2 saturated heterocycles. The average Bonchev–Trinajstić information content (AvgIpc) is 3.48. The third-order valence-corrected chi connectivity index (χ3v) is 6.88. The number of para-hydroxylation sites is 1. The largest absolute Gasteiger partial charge is 0.490 e. The summed E-state index contributed by atoms with van der Waals surface area (Å²) in [5.74, 6) is 1.99. The zero-order valence-corrected chi connectivity index (χ0v) is 20.9. The lowest BCUT2D eigenvalue weighted by molar-refractivity contribution is 0.129. The van der Waals surface area contributed by atoms with E-state index in [2.05, 4.69) is 37.6 Å². The number of aliphatic imine (C=N–C) groups is 1. The minimum absolute atomic E-state index is 0. The van der Waals surface area contributed by atoms with Crippen LogP contribution >= 0.6 is 35.3 Å². The quantitative estimate of drug-likeness (QED) is 0.330. The maximum Gasteiger partial charge on any atom is 0.193 e. The SMILES string of the molecule is CN=C(NCC(c1cccs1)N1CCCC1)N1CCC(Oc2ccccc2)CC1.I. The summed E-state index contributed by atoms with van der Waals surface area (Å²) < 4.78 is 6.14. The van der Waals surface area contributed by atoms with Crippen LogP contribution in [0.2, 0.25) is 0 Å². The fourth-order valence-corrected chi connectivity index (χ4v) is 5.20. The Kier molecular flexibility index (Phi) is 9.27. The van der Waals surface area contributed by atoms with E-state index in [1.54, 1.807) is 0 Å². The highest BCUT2D eigenvalue weighted by molar-refractivity contribution is 14.0. The summed E-state index contributed by atoms with van der Waals surface area (Å²) in [5.41, 5.74) is 0. The van der Waals surface area contributed by atoms with E-state index in [4.69, 9.17) is 4.74 Å². The van der Waals surface area contributed by atoms with Crippen molar-refractivity contribution in [1.29, 1.82) is 0 Å². The van der Waals surface area contributed by atoms with E-state index in [1.165, 1.54) is 30.8 Å². The summed E-state index contributed by atoms with van der Waals surface area (Å²) in [6.07, 6.45) is 4.96. The number of nitrogens with zero attached hydrogens (tertiary/aromatic N) is 3. The Morgan fingerprint density at radius 3 is 2.47 bits per heavy atom. The fourth-order valence-electron chi connectivity index (χ4n) is 4.34. The molecule has 7 heteroatoms. The number of thiophene rings is 1. The second kappa shape index (κ2) is 11.9. The Bertz CT molecular complexity index is 757. The number of hydrogen-bond acceptors (Lipinski definition) is 4. The maximum atomic E-state index is 6.14. The number of piperidine rings is 1. The first-order chi connectivity index (χ1) is 14.3. The topological polar surface area (TPSA) is 40.1 Å².